The van der Waals surface area contributed by atoms with Crippen LogP contribution in [0.15, 0.2) is 11.6 Å². The number of nitrogens with zero attached hydrogens (tertiary/aromatic N) is 3. The second-order valence-corrected chi connectivity index (χ2v) is 5.03. The second kappa shape index (κ2) is 4.08. The lowest BCUT2D eigenvalue weighted by atomic mass is 10.1. The molecule has 0 radical (unpaired) electrons. The van der Waals surface area contributed by atoms with Crippen molar-refractivity contribution in [2.75, 3.05) is 44.2 Å². The minimum atomic E-state index is 0.760. The number of hydrogen-bond donors (Lipinski definition) is 1. The lowest BCUT2D eigenvalue weighted by Crippen LogP contribution is -2.62. The predicted octanol–water partition coefficient (Wildman–Crippen LogP) is 0.237. The molecular weight excluding hydrogens is 208 g/mol. The van der Waals surface area contributed by atoms with E-state index in [4.69, 9.17) is 0 Å². The molecule has 0 aliphatic carbocycles. The molecule has 0 spiro atoms. The van der Waals surface area contributed by atoms with Crippen molar-refractivity contribution in [3.05, 3.63) is 11.6 Å². The molecular formula is C10H16N4S. The van der Waals surface area contributed by atoms with Crippen molar-refractivity contribution in [2.45, 2.75) is 6.04 Å². The minimum Gasteiger partial charge on any atom is -0.345 e. The standard InChI is InChI=1S/C10H16N4S/c1-4-13(5-2-11-1)9-7-14(8-9)10-12-3-6-15-10/h3,6,9,11H,1-2,4-5,7-8H2. The molecule has 1 aromatic heterocycles. The average Bonchev–Trinajstić information content (AvgIpc) is 2.70. The zero-order valence-electron chi connectivity index (χ0n) is 8.72. The van der Waals surface area contributed by atoms with Crippen molar-refractivity contribution in [1.29, 1.82) is 0 Å². The third kappa shape index (κ3) is 1.87. The summed E-state index contributed by atoms with van der Waals surface area (Å²) in [7, 11) is 0. The van der Waals surface area contributed by atoms with Crippen LogP contribution in [0.4, 0.5) is 5.13 Å². The Hall–Kier alpha value is -0.650. The molecule has 0 bridgehead atoms. The molecule has 2 aliphatic heterocycles. The maximum absolute atomic E-state index is 4.33. The first-order valence-electron chi connectivity index (χ1n) is 5.53. The lowest BCUT2D eigenvalue weighted by molar-refractivity contribution is 0.147. The highest BCUT2D eigenvalue weighted by atomic mass is 32.1. The molecule has 0 aromatic carbocycles. The van der Waals surface area contributed by atoms with Gasteiger partial charge >= 0.3 is 0 Å². The molecule has 2 fully saturated rings. The van der Waals surface area contributed by atoms with Crippen LogP contribution < -0.4 is 10.2 Å². The first-order valence-corrected chi connectivity index (χ1v) is 6.40. The topological polar surface area (TPSA) is 31.4 Å². The second-order valence-electron chi connectivity index (χ2n) is 4.16. The van der Waals surface area contributed by atoms with E-state index in [1.807, 2.05) is 11.6 Å². The van der Waals surface area contributed by atoms with Crippen molar-refractivity contribution < 1.29 is 0 Å². The Labute approximate surface area is 93.9 Å². The van der Waals surface area contributed by atoms with Gasteiger partial charge in [0.15, 0.2) is 5.13 Å². The number of rotatable bonds is 2. The Bertz CT molecular complexity index is 301. The van der Waals surface area contributed by atoms with Crippen molar-refractivity contribution in [3.63, 3.8) is 0 Å². The van der Waals surface area contributed by atoms with Crippen LogP contribution >= 0.6 is 11.3 Å². The van der Waals surface area contributed by atoms with Crippen LogP contribution in [0.5, 0.6) is 0 Å². The molecule has 0 atom stereocenters. The van der Waals surface area contributed by atoms with Gasteiger partial charge in [0.2, 0.25) is 0 Å². The van der Waals surface area contributed by atoms with Crippen molar-refractivity contribution in [2.24, 2.45) is 0 Å². The molecule has 3 heterocycles. The first-order chi connectivity index (χ1) is 7.43. The average molecular weight is 224 g/mol. The Kier molecular flexibility index (Phi) is 2.60. The van der Waals surface area contributed by atoms with Crippen LogP contribution in [0.2, 0.25) is 0 Å². The van der Waals surface area contributed by atoms with Gasteiger partial charge in [0.25, 0.3) is 0 Å². The summed E-state index contributed by atoms with van der Waals surface area (Å²) in [5.41, 5.74) is 0. The van der Waals surface area contributed by atoms with Crippen LogP contribution in [0.25, 0.3) is 0 Å². The minimum absolute atomic E-state index is 0.760. The highest BCUT2D eigenvalue weighted by molar-refractivity contribution is 7.13. The van der Waals surface area contributed by atoms with E-state index >= 15 is 0 Å². The van der Waals surface area contributed by atoms with Crippen LogP contribution in [0.1, 0.15) is 0 Å². The van der Waals surface area contributed by atoms with Crippen LogP contribution in [-0.2, 0) is 0 Å². The van der Waals surface area contributed by atoms with Crippen LogP contribution in [0.3, 0.4) is 0 Å². The fraction of sp³-hybridized carbons (Fsp3) is 0.700. The summed E-state index contributed by atoms with van der Waals surface area (Å²) in [6.07, 6.45) is 1.89. The zero-order valence-corrected chi connectivity index (χ0v) is 9.54. The quantitative estimate of drug-likeness (QED) is 0.779. The van der Waals surface area contributed by atoms with Gasteiger partial charge in [-0.1, -0.05) is 0 Å². The fourth-order valence-electron chi connectivity index (χ4n) is 2.26. The van der Waals surface area contributed by atoms with E-state index in [0.717, 1.165) is 32.2 Å². The maximum Gasteiger partial charge on any atom is 0.185 e. The number of hydrogen-bond acceptors (Lipinski definition) is 5. The highest BCUT2D eigenvalue weighted by Gasteiger charge is 2.33. The lowest BCUT2D eigenvalue weighted by Gasteiger charge is -2.46. The first kappa shape index (κ1) is 9.57. The maximum atomic E-state index is 4.33. The molecule has 2 saturated heterocycles. The van der Waals surface area contributed by atoms with Crippen molar-refractivity contribution in [3.8, 4) is 0 Å². The van der Waals surface area contributed by atoms with Gasteiger partial charge in [0.1, 0.15) is 0 Å². The summed E-state index contributed by atoms with van der Waals surface area (Å²) in [6.45, 7) is 7.02. The molecule has 1 aromatic rings. The van der Waals surface area contributed by atoms with E-state index in [9.17, 15) is 0 Å². The summed E-state index contributed by atoms with van der Waals surface area (Å²) >= 11 is 1.74. The van der Waals surface area contributed by atoms with Gasteiger partial charge in [-0.3, -0.25) is 4.90 Å². The summed E-state index contributed by atoms with van der Waals surface area (Å²) in [5.74, 6) is 0. The summed E-state index contributed by atoms with van der Waals surface area (Å²) in [5, 5.41) is 6.62. The molecule has 5 heteroatoms. The molecule has 1 N–H and O–H groups in total. The van der Waals surface area contributed by atoms with Gasteiger partial charge in [0, 0.05) is 56.9 Å². The summed E-state index contributed by atoms with van der Waals surface area (Å²) in [4.78, 5) is 9.30. The van der Waals surface area contributed by atoms with Crippen LogP contribution in [0, 0.1) is 0 Å². The van der Waals surface area contributed by atoms with E-state index in [1.165, 1.54) is 18.2 Å². The fourth-order valence-corrected chi connectivity index (χ4v) is 2.93. The van der Waals surface area contributed by atoms with E-state index in [0.29, 0.717) is 0 Å². The number of thiazole rings is 1. The van der Waals surface area contributed by atoms with Gasteiger partial charge in [0.05, 0.1) is 0 Å². The molecule has 82 valence electrons. The monoisotopic (exact) mass is 224 g/mol. The Morgan fingerprint density at radius 3 is 2.80 bits per heavy atom. The third-order valence-electron chi connectivity index (χ3n) is 3.22. The van der Waals surface area contributed by atoms with Gasteiger partial charge in [-0.25, -0.2) is 4.98 Å². The Morgan fingerprint density at radius 1 is 1.33 bits per heavy atom. The highest BCUT2D eigenvalue weighted by Crippen LogP contribution is 2.25. The van der Waals surface area contributed by atoms with Gasteiger partial charge in [-0.05, 0) is 0 Å². The van der Waals surface area contributed by atoms with E-state index in [2.05, 4.69) is 20.1 Å². The molecule has 0 unspecified atom stereocenters. The molecule has 2 aliphatic rings. The SMILES string of the molecule is c1csc(N2CC(N3CCNCC3)C2)n1. The number of nitrogens with one attached hydrogen (secondary N) is 1. The molecule has 3 rings (SSSR count). The Balaban J connectivity index is 1.53. The van der Waals surface area contributed by atoms with E-state index in [1.54, 1.807) is 11.3 Å². The van der Waals surface area contributed by atoms with Gasteiger partial charge < -0.3 is 10.2 Å². The largest absolute Gasteiger partial charge is 0.345 e. The van der Waals surface area contributed by atoms with E-state index < -0.39 is 0 Å². The Morgan fingerprint density at radius 2 is 2.13 bits per heavy atom. The molecule has 0 amide bonds. The summed E-state index contributed by atoms with van der Waals surface area (Å²) < 4.78 is 0. The smallest absolute Gasteiger partial charge is 0.185 e. The molecule has 15 heavy (non-hydrogen) atoms. The van der Waals surface area contributed by atoms with Gasteiger partial charge in [-0.2, -0.15) is 0 Å². The van der Waals surface area contributed by atoms with E-state index in [-0.39, 0.29) is 0 Å². The van der Waals surface area contributed by atoms with Crippen molar-refractivity contribution >= 4 is 16.5 Å². The number of anilines is 1. The predicted molar refractivity (Wildman–Crippen MR) is 62.6 cm³/mol. The number of aromatic nitrogens is 1. The zero-order chi connectivity index (χ0) is 10.1. The third-order valence-corrected chi connectivity index (χ3v) is 4.05. The van der Waals surface area contributed by atoms with Gasteiger partial charge in [-0.15, -0.1) is 11.3 Å². The van der Waals surface area contributed by atoms with Crippen LogP contribution in [-0.4, -0.2) is 55.2 Å². The van der Waals surface area contributed by atoms with Crippen molar-refractivity contribution in [1.82, 2.24) is 15.2 Å². The molecule has 0 saturated carbocycles. The molecule has 4 nitrogen and oxygen atoms in total. The number of piperazine rings is 1. The summed E-state index contributed by atoms with van der Waals surface area (Å²) in [6, 6.07) is 0.760. The normalized spacial score (nSPS) is 24.1.